The van der Waals surface area contributed by atoms with Crippen molar-refractivity contribution >= 4 is 11.6 Å². The van der Waals surface area contributed by atoms with E-state index in [1.165, 1.54) is 0 Å². The molecule has 0 atom stereocenters. The largest absolute Gasteiger partial charge is 0.493 e. The van der Waals surface area contributed by atoms with Gasteiger partial charge in [-0.15, -0.1) is 0 Å². The Morgan fingerprint density at radius 2 is 1.94 bits per heavy atom. The predicted molar refractivity (Wildman–Crippen MR) is 73.0 cm³/mol. The van der Waals surface area contributed by atoms with Gasteiger partial charge in [0.25, 0.3) is 0 Å². The number of nitrogens with zero attached hydrogens (tertiary/aromatic N) is 2. The van der Waals surface area contributed by atoms with Gasteiger partial charge in [-0.05, 0) is 31.5 Å². The average Bonchev–Trinajstić information content (AvgIpc) is 2.39. The molecule has 0 saturated heterocycles. The first-order valence-corrected chi connectivity index (χ1v) is 6.38. The number of hydrogen-bond acceptors (Lipinski definition) is 3. The molecular weight excluding hydrogens is 248 g/mol. The highest BCUT2D eigenvalue weighted by Gasteiger charge is 2.10. The molecule has 0 unspecified atom stereocenters. The van der Waals surface area contributed by atoms with Crippen LogP contribution in [0.5, 0.6) is 5.75 Å². The molecule has 0 aliphatic carbocycles. The van der Waals surface area contributed by atoms with Crippen molar-refractivity contribution in [2.75, 3.05) is 6.61 Å². The SMILES string of the molecule is CCOc1ccccc1-c1nc(Cl)cc(CC)n1. The second-order valence-corrected chi connectivity index (χ2v) is 4.18. The second kappa shape index (κ2) is 5.83. The van der Waals surface area contributed by atoms with Crippen LogP contribution >= 0.6 is 11.6 Å². The van der Waals surface area contributed by atoms with Crippen LogP contribution in [-0.2, 0) is 6.42 Å². The molecule has 1 aromatic heterocycles. The summed E-state index contributed by atoms with van der Waals surface area (Å²) in [6.07, 6.45) is 0.825. The summed E-state index contributed by atoms with van der Waals surface area (Å²) < 4.78 is 5.58. The zero-order valence-corrected chi connectivity index (χ0v) is 11.2. The Morgan fingerprint density at radius 1 is 1.17 bits per heavy atom. The molecule has 0 aliphatic heterocycles. The minimum atomic E-state index is 0.461. The third-order valence-corrected chi connectivity index (χ3v) is 2.73. The van der Waals surface area contributed by atoms with Crippen molar-refractivity contribution in [1.82, 2.24) is 9.97 Å². The molecule has 0 fully saturated rings. The van der Waals surface area contributed by atoms with Crippen LogP contribution in [0, 0.1) is 0 Å². The molecule has 1 heterocycles. The zero-order chi connectivity index (χ0) is 13.0. The van der Waals surface area contributed by atoms with Gasteiger partial charge in [-0.3, -0.25) is 0 Å². The summed E-state index contributed by atoms with van der Waals surface area (Å²) in [5.41, 5.74) is 1.80. The maximum atomic E-state index is 6.02. The number of ether oxygens (including phenoxy) is 1. The van der Waals surface area contributed by atoms with E-state index in [-0.39, 0.29) is 0 Å². The first-order valence-electron chi connectivity index (χ1n) is 6.00. The molecule has 0 aliphatic rings. The van der Waals surface area contributed by atoms with E-state index in [0.29, 0.717) is 17.6 Å². The molecule has 2 rings (SSSR count). The normalized spacial score (nSPS) is 10.4. The second-order valence-electron chi connectivity index (χ2n) is 3.79. The highest BCUT2D eigenvalue weighted by Crippen LogP contribution is 2.28. The average molecular weight is 263 g/mol. The number of rotatable bonds is 4. The fourth-order valence-corrected chi connectivity index (χ4v) is 1.90. The van der Waals surface area contributed by atoms with Crippen LogP contribution in [0.2, 0.25) is 5.15 Å². The molecule has 0 amide bonds. The first-order chi connectivity index (χ1) is 8.74. The van der Waals surface area contributed by atoms with Crippen LogP contribution in [0.3, 0.4) is 0 Å². The van der Waals surface area contributed by atoms with Crippen molar-refractivity contribution in [3.8, 4) is 17.1 Å². The Morgan fingerprint density at radius 3 is 2.67 bits per heavy atom. The van der Waals surface area contributed by atoms with Crippen molar-refractivity contribution in [1.29, 1.82) is 0 Å². The lowest BCUT2D eigenvalue weighted by Crippen LogP contribution is -1.99. The van der Waals surface area contributed by atoms with E-state index in [4.69, 9.17) is 16.3 Å². The van der Waals surface area contributed by atoms with E-state index < -0.39 is 0 Å². The van der Waals surface area contributed by atoms with Crippen LogP contribution in [-0.4, -0.2) is 16.6 Å². The maximum absolute atomic E-state index is 6.02. The highest BCUT2D eigenvalue weighted by atomic mass is 35.5. The zero-order valence-electron chi connectivity index (χ0n) is 10.5. The lowest BCUT2D eigenvalue weighted by molar-refractivity contribution is 0.341. The molecular formula is C14H15ClN2O. The molecule has 0 spiro atoms. The smallest absolute Gasteiger partial charge is 0.164 e. The molecule has 2 aromatic rings. The number of para-hydroxylation sites is 1. The van der Waals surface area contributed by atoms with Crippen LogP contribution in [0.25, 0.3) is 11.4 Å². The molecule has 1 aromatic carbocycles. The van der Waals surface area contributed by atoms with Gasteiger partial charge in [-0.2, -0.15) is 0 Å². The monoisotopic (exact) mass is 262 g/mol. The fourth-order valence-electron chi connectivity index (χ4n) is 1.70. The third-order valence-electron chi connectivity index (χ3n) is 2.54. The molecule has 18 heavy (non-hydrogen) atoms. The van der Waals surface area contributed by atoms with Gasteiger partial charge < -0.3 is 4.74 Å². The molecule has 0 bridgehead atoms. The van der Waals surface area contributed by atoms with Gasteiger partial charge >= 0.3 is 0 Å². The van der Waals surface area contributed by atoms with Gasteiger partial charge in [0, 0.05) is 5.69 Å². The summed E-state index contributed by atoms with van der Waals surface area (Å²) in [6, 6.07) is 9.51. The van der Waals surface area contributed by atoms with Crippen molar-refractivity contribution in [2.45, 2.75) is 20.3 Å². The standard InChI is InChI=1S/C14H15ClN2O/c1-3-10-9-13(15)17-14(16-10)11-7-5-6-8-12(11)18-4-2/h5-9H,3-4H2,1-2H3. The van der Waals surface area contributed by atoms with E-state index >= 15 is 0 Å². The van der Waals surface area contributed by atoms with Crippen LogP contribution in [0.4, 0.5) is 0 Å². The Hall–Kier alpha value is -1.61. The van der Waals surface area contributed by atoms with Crippen LogP contribution < -0.4 is 4.74 Å². The molecule has 0 N–H and O–H groups in total. The maximum Gasteiger partial charge on any atom is 0.164 e. The summed E-state index contributed by atoms with van der Waals surface area (Å²) in [4.78, 5) is 8.76. The van der Waals surface area contributed by atoms with Gasteiger partial charge in [0.2, 0.25) is 0 Å². The Labute approximate surface area is 112 Å². The lowest BCUT2D eigenvalue weighted by atomic mass is 10.2. The number of aryl methyl sites for hydroxylation is 1. The van der Waals surface area contributed by atoms with Gasteiger partial charge in [-0.25, -0.2) is 9.97 Å². The van der Waals surface area contributed by atoms with Gasteiger partial charge in [-0.1, -0.05) is 30.7 Å². The van der Waals surface area contributed by atoms with E-state index in [9.17, 15) is 0 Å². The van der Waals surface area contributed by atoms with E-state index in [0.717, 1.165) is 23.4 Å². The van der Waals surface area contributed by atoms with Crippen LogP contribution in [0.1, 0.15) is 19.5 Å². The van der Waals surface area contributed by atoms with Crippen molar-refractivity contribution in [3.63, 3.8) is 0 Å². The molecule has 3 nitrogen and oxygen atoms in total. The van der Waals surface area contributed by atoms with Crippen molar-refractivity contribution in [3.05, 3.63) is 41.2 Å². The topological polar surface area (TPSA) is 35.0 Å². The Balaban J connectivity index is 2.50. The highest BCUT2D eigenvalue weighted by molar-refractivity contribution is 6.29. The minimum absolute atomic E-state index is 0.461. The quantitative estimate of drug-likeness (QED) is 0.787. The summed E-state index contributed by atoms with van der Waals surface area (Å²) in [6.45, 7) is 4.60. The Kier molecular flexibility index (Phi) is 4.15. The summed E-state index contributed by atoms with van der Waals surface area (Å²) in [7, 11) is 0. The Bertz CT molecular complexity index is 543. The fraction of sp³-hybridized carbons (Fsp3) is 0.286. The molecule has 0 saturated carbocycles. The van der Waals surface area contributed by atoms with E-state index in [1.807, 2.05) is 38.1 Å². The van der Waals surface area contributed by atoms with Gasteiger partial charge in [0.15, 0.2) is 5.82 Å². The van der Waals surface area contributed by atoms with E-state index in [2.05, 4.69) is 9.97 Å². The minimum Gasteiger partial charge on any atom is -0.493 e. The lowest BCUT2D eigenvalue weighted by Gasteiger charge is -2.09. The molecule has 4 heteroatoms. The number of hydrogen-bond donors (Lipinski definition) is 0. The van der Waals surface area contributed by atoms with Crippen LogP contribution in [0.15, 0.2) is 30.3 Å². The van der Waals surface area contributed by atoms with Gasteiger partial charge in [0.05, 0.1) is 12.2 Å². The number of halogens is 1. The summed E-state index contributed by atoms with van der Waals surface area (Å²) in [5, 5.41) is 0.461. The molecule has 94 valence electrons. The van der Waals surface area contributed by atoms with Gasteiger partial charge in [0.1, 0.15) is 10.9 Å². The first kappa shape index (κ1) is 12.8. The third kappa shape index (κ3) is 2.79. The predicted octanol–water partition coefficient (Wildman–Crippen LogP) is 3.76. The van der Waals surface area contributed by atoms with Crippen molar-refractivity contribution in [2.24, 2.45) is 0 Å². The summed E-state index contributed by atoms with van der Waals surface area (Å²) >= 11 is 6.02. The number of aromatic nitrogens is 2. The molecule has 0 radical (unpaired) electrons. The van der Waals surface area contributed by atoms with Crippen molar-refractivity contribution < 1.29 is 4.74 Å². The number of benzene rings is 1. The van der Waals surface area contributed by atoms with E-state index in [1.54, 1.807) is 6.07 Å². The summed E-state index contributed by atoms with van der Waals surface area (Å²) in [5.74, 6) is 1.40.